The quantitative estimate of drug-likeness (QED) is 0.648. The number of nitriles is 1. The smallest absolute Gasteiger partial charge is 0.272 e. The Bertz CT molecular complexity index is 534. The average Bonchev–Trinajstić information content (AvgIpc) is 2.38. The van der Waals surface area contributed by atoms with Gasteiger partial charge in [-0.1, -0.05) is 19.1 Å². The van der Waals surface area contributed by atoms with Gasteiger partial charge in [-0.25, -0.2) is 0 Å². The Morgan fingerprint density at radius 3 is 2.79 bits per heavy atom. The third kappa shape index (κ3) is 3.52. The fourth-order valence-corrected chi connectivity index (χ4v) is 1.70. The van der Waals surface area contributed by atoms with E-state index in [-0.39, 0.29) is 18.1 Å². The second-order valence-corrected chi connectivity index (χ2v) is 4.13. The summed E-state index contributed by atoms with van der Waals surface area (Å²) in [4.78, 5) is 22.0. The summed E-state index contributed by atoms with van der Waals surface area (Å²) in [5, 5.41) is 22.2. The van der Waals surface area contributed by atoms with Gasteiger partial charge in [0.25, 0.3) is 5.69 Å². The van der Waals surface area contributed by atoms with Crippen molar-refractivity contribution in [2.24, 2.45) is 5.92 Å². The van der Waals surface area contributed by atoms with Gasteiger partial charge >= 0.3 is 0 Å². The van der Waals surface area contributed by atoms with Crippen molar-refractivity contribution in [3.63, 3.8) is 0 Å². The van der Waals surface area contributed by atoms with Gasteiger partial charge in [-0.05, 0) is 18.9 Å². The van der Waals surface area contributed by atoms with E-state index in [1.54, 1.807) is 26.0 Å². The van der Waals surface area contributed by atoms with Crippen molar-refractivity contribution in [1.82, 2.24) is 5.32 Å². The number of benzene rings is 1. The van der Waals surface area contributed by atoms with Gasteiger partial charge in [0, 0.05) is 18.2 Å². The van der Waals surface area contributed by atoms with Crippen LogP contribution in [0.2, 0.25) is 0 Å². The second kappa shape index (κ2) is 6.50. The first-order chi connectivity index (χ1) is 9.01. The minimum absolute atomic E-state index is 0.0269. The number of rotatable bonds is 5. The highest BCUT2D eigenvalue weighted by atomic mass is 16.6. The standard InChI is InChI=1S/C13H15N3O3/c1-3-10(7-14)13(17)15-8-11-5-4-6-12(9(11)2)16(18)19/h4-6,10H,3,8H2,1-2H3,(H,15,17). The first-order valence-electron chi connectivity index (χ1n) is 5.91. The number of nitrogens with zero attached hydrogens (tertiary/aromatic N) is 2. The molecule has 1 atom stereocenters. The lowest BCUT2D eigenvalue weighted by Crippen LogP contribution is -2.29. The Morgan fingerprint density at radius 1 is 1.58 bits per heavy atom. The highest BCUT2D eigenvalue weighted by Gasteiger charge is 2.17. The lowest BCUT2D eigenvalue weighted by Gasteiger charge is -2.10. The number of nitro benzene ring substituents is 1. The Morgan fingerprint density at radius 2 is 2.26 bits per heavy atom. The summed E-state index contributed by atoms with van der Waals surface area (Å²) < 4.78 is 0. The maximum absolute atomic E-state index is 11.6. The number of nitrogens with one attached hydrogen (secondary N) is 1. The molecule has 0 saturated carbocycles. The van der Waals surface area contributed by atoms with E-state index in [0.29, 0.717) is 17.5 Å². The van der Waals surface area contributed by atoms with Gasteiger partial charge in [0.05, 0.1) is 11.0 Å². The Balaban J connectivity index is 2.80. The SMILES string of the molecule is CCC(C#N)C(=O)NCc1cccc([N+](=O)[O-])c1C. The lowest BCUT2D eigenvalue weighted by molar-refractivity contribution is -0.385. The molecule has 0 radical (unpaired) electrons. The molecule has 6 nitrogen and oxygen atoms in total. The maximum atomic E-state index is 11.6. The highest BCUT2D eigenvalue weighted by Crippen LogP contribution is 2.20. The van der Waals surface area contributed by atoms with Gasteiger partial charge in [0.2, 0.25) is 5.91 Å². The van der Waals surface area contributed by atoms with Crippen LogP contribution < -0.4 is 5.32 Å². The average molecular weight is 261 g/mol. The molecular weight excluding hydrogens is 246 g/mol. The zero-order chi connectivity index (χ0) is 14.4. The van der Waals surface area contributed by atoms with Crippen LogP contribution in [0.3, 0.4) is 0 Å². The number of carbonyl (C=O) groups excluding carboxylic acids is 1. The van der Waals surface area contributed by atoms with Crippen LogP contribution in [0.1, 0.15) is 24.5 Å². The van der Waals surface area contributed by atoms with Crippen molar-refractivity contribution >= 4 is 11.6 Å². The first kappa shape index (κ1) is 14.6. The summed E-state index contributed by atoms with van der Waals surface area (Å²) in [6.45, 7) is 3.58. The fraction of sp³-hybridized carbons (Fsp3) is 0.385. The molecule has 0 aliphatic rings. The first-order valence-corrected chi connectivity index (χ1v) is 5.91. The maximum Gasteiger partial charge on any atom is 0.272 e. The molecule has 1 amide bonds. The van der Waals surface area contributed by atoms with Crippen LogP contribution in [0.15, 0.2) is 18.2 Å². The van der Waals surface area contributed by atoms with Gasteiger partial charge in [-0.3, -0.25) is 14.9 Å². The van der Waals surface area contributed by atoms with Crippen molar-refractivity contribution in [3.05, 3.63) is 39.4 Å². The molecule has 1 N–H and O–H groups in total. The summed E-state index contributed by atoms with van der Waals surface area (Å²) >= 11 is 0. The van der Waals surface area contributed by atoms with E-state index >= 15 is 0 Å². The van der Waals surface area contributed by atoms with E-state index in [4.69, 9.17) is 5.26 Å². The zero-order valence-electron chi connectivity index (χ0n) is 10.8. The molecule has 0 aliphatic heterocycles. The molecule has 0 spiro atoms. The number of amides is 1. The Hall–Kier alpha value is -2.42. The molecule has 0 fully saturated rings. The van der Waals surface area contributed by atoms with Crippen LogP contribution >= 0.6 is 0 Å². The van der Waals surface area contributed by atoms with E-state index in [1.807, 2.05) is 6.07 Å². The van der Waals surface area contributed by atoms with Crippen molar-refractivity contribution < 1.29 is 9.72 Å². The predicted molar refractivity (Wildman–Crippen MR) is 69.1 cm³/mol. The molecule has 0 heterocycles. The normalized spacial score (nSPS) is 11.4. The van der Waals surface area contributed by atoms with Gasteiger partial charge < -0.3 is 5.32 Å². The van der Waals surface area contributed by atoms with E-state index < -0.39 is 10.8 Å². The molecule has 0 bridgehead atoms. The third-order valence-corrected chi connectivity index (χ3v) is 2.95. The van der Waals surface area contributed by atoms with Crippen LogP contribution in [0.5, 0.6) is 0 Å². The number of hydrogen-bond acceptors (Lipinski definition) is 4. The Kier molecular flexibility index (Phi) is 5.01. The summed E-state index contributed by atoms with van der Waals surface area (Å²) in [7, 11) is 0. The van der Waals surface area contributed by atoms with Crippen LogP contribution in [0.25, 0.3) is 0 Å². The molecule has 6 heteroatoms. The summed E-state index contributed by atoms with van der Waals surface area (Å²) in [5.41, 5.74) is 1.23. The van der Waals surface area contributed by atoms with Crippen LogP contribution in [-0.2, 0) is 11.3 Å². The summed E-state index contributed by atoms with van der Waals surface area (Å²) in [5.74, 6) is -1.03. The molecular formula is C13H15N3O3. The summed E-state index contributed by atoms with van der Waals surface area (Å²) in [6.07, 6.45) is 0.441. The van der Waals surface area contributed by atoms with E-state index in [9.17, 15) is 14.9 Å². The second-order valence-electron chi connectivity index (χ2n) is 4.13. The molecule has 1 aromatic carbocycles. The molecule has 1 rings (SSSR count). The van der Waals surface area contributed by atoms with Gasteiger partial charge in [-0.2, -0.15) is 5.26 Å². The highest BCUT2D eigenvalue weighted by molar-refractivity contribution is 5.80. The molecule has 100 valence electrons. The van der Waals surface area contributed by atoms with Crippen LogP contribution in [-0.4, -0.2) is 10.8 Å². The van der Waals surface area contributed by atoms with Gasteiger partial charge in [-0.15, -0.1) is 0 Å². The van der Waals surface area contributed by atoms with Crippen molar-refractivity contribution in [3.8, 4) is 6.07 Å². The van der Waals surface area contributed by atoms with E-state index in [0.717, 1.165) is 0 Å². The summed E-state index contributed by atoms with van der Waals surface area (Å²) in [6, 6.07) is 6.63. The zero-order valence-corrected chi connectivity index (χ0v) is 10.8. The monoisotopic (exact) mass is 261 g/mol. The van der Waals surface area contributed by atoms with Crippen molar-refractivity contribution in [2.75, 3.05) is 0 Å². The van der Waals surface area contributed by atoms with Crippen LogP contribution in [0, 0.1) is 34.3 Å². The molecule has 1 aromatic rings. The van der Waals surface area contributed by atoms with E-state index in [1.165, 1.54) is 6.07 Å². The minimum atomic E-state index is -0.681. The topological polar surface area (TPSA) is 96.0 Å². The lowest BCUT2D eigenvalue weighted by atomic mass is 10.1. The van der Waals surface area contributed by atoms with Crippen LogP contribution in [0.4, 0.5) is 5.69 Å². The van der Waals surface area contributed by atoms with E-state index in [2.05, 4.69) is 5.32 Å². The molecule has 0 aliphatic carbocycles. The number of nitro groups is 1. The minimum Gasteiger partial charge on any atom is -0.351 e. The number of hydrogen-bond donors (Lipinski definition) is 1. The Labute approximate surface area is 111 Å². The fourth-order valence-electron chi connectivity index (χ4n) is 1.70. The molecule has 1 unspecified atom stereocenters. The molecule has 0 saturated heterocycles. The third-order valence-electron chi connectivity index (χ3n) is 2.95. The van der Waals surface area contributed by atoms with Crippen molar-refractivity contribution in [2.45, 2.75) is 26.8 Å². The largest absolute Gasteiger partial charge is 0.351 e. The van der Waals surface area contributed by atoms with Gasteiger partial charge in [0.1, 0.15) is 5.92 Å². The number of carbonyl (C=O) groups is 1. The predicted octanol–water partition coefficient (Wildman–Crippen LogP) is 2.07. The molecule has 0 aromatic heterocycles. The van der Waals surface area contributed by atoms with Gasteiger partial charge in [0.15, 0.2) is 0 Å². The van der Waals surface area contributed by atoms with Crippen molar-refractivity contribution in [1.29, 1.82) is 5.26 Å². The molecule has 19 heavy (non-hydrogen) atoms.